The maximum Gasteiger partial charge on any atom is 0.416 e. The fourth-order valence-corrected chi connectivity index (χ4v) is 5.20. The Morgan fingerprint density at radius 3 is 2.59 bits per heavy atom. The monoisotopic (exact) mass is 559 g/mol. The molecule has 1 amide bonds. The lowest BCUT2D eigenvalue weighted by atomic mass is 10.0. The van der Waals surface area contributed by atoms with Crippen molar-refractivity contribution in [1.29, 1.82) is 0 Å². The Balaban J connectivity index is 1.26. The van der Waals surface area contributed by atoms with Gasteiger partial charge in [0.15, 0.2) is 5.65 Å². The van der Waals surface area contributed by atoms with Gasteiger partial charge in [0, 0.05) is 29.2 Å². The molecule has 0 bridgehead atoms. The number of benzene rings is 2. The molecule has 2 aromatic carbocycles. The van der Waals surface area contributed by atoms with Crippen LogP contribution in [0.3, 0.4) is 0 Å². The average Bonchev–Trinajstić information content (AvgIpc) is 3.61. The van der Waals surface area contributed by atoms with Gasteiger partial charge in [-0.25, -0.2) is 4.98 Å². The molecule has 6 rings (SSSR count). The number of fused-ring (bicyclic) bond motifs is 1. The summed E-state index contributed by atoms with van der Waals surface area (Å²) in [5.74, 6) is -0.523. The van der Waals surface area contributed by atoms with Gasteiger partial charge in [0.2, 0.25) is 0 Å². The molecular weight excluding hydrogens is 531 g/mol. The minimum Gasteiger partial charge on any atom is -0.350 e. The summed E-state index contributed by atoms with van der Waals surface area (Å²) in [6.45, 7) is 2.09. The van der Waals surface area contributed by atoms with E-state index in [1.807, 2.05) is 33.6 Å². The molecule has 1 aliphatic heterocycles. The number of carbonyl (C=O) groups excluding carboxylic acids is 1. The molecule has 1 fully saturated rings. The molecule has 2 N–H and O–H groups in total. The highest BCUT2D eigenvalue weighted by molar-refractivity contribution is 6.08. The molecule has 3 aromatic heterocycles. The third kappa shape index (κ3) is 5.53. The van der Waals surface area contributed by atoms with Crippen molar-refractivity contribution in [3.63, 3.8) is 0 Å². The van der Waals surface area contributed by atoms with E-state index in [9.17, 15) is 18.0 Å². The van der Waals surface area contributed by atoms with E-state index in [-0.39, 0.29) is 5.69 Å². The first-order valence-electron chi connectivity index (χ1n) is 13.3. The molecular formula is C30H28F3N7O. The van der Waals surface area contributed by atoms with Gasteiger partial charge in [0.1, 0.15) is 0 Å². The first-order valence-corrected chi connectivity index (χ1v) is 13.3. The van der Waals surface area contributed by atoms with Gasteiger partial charge in [-0.3, -0.25) is 13.9 Å². The van der Waals surface area contributed by atoms with Gasteiger partial charge in [-0.2, -0.15) is 18.3 Å². The largest absolute Gasteiger partial charge is 0.416 e. The van der Waals surface area contributed by atoms with Crippen LogP contribution >= 0.6 is 0 Å². The molecule has 0 spiro atoms. The SMILES string of the molecule is CN1CCC(n2cc(Nc3cccn4c(-c5ccccc5C(=O)Nc5cccc(C(F)(F)F)c5)cnc34)cn2)CC1. The lowest BCUT2D eigenvalue weighted by molar-refractivity contribution is -0.137. The van der Waals surface area contributed by atoms with Crippen molar-refractivity contribution < 1.29 is 18.0 Å². The zero-order valence-corrected chi connectivity index (χ0v) is 22.3. The zero-order chi connectivity index (χ0) is 28.6. The Hall–Kier alpha value is -4.64. The minimum absolute atomic E-state index is 0.0602. The van der Waals surface area contributed by atoms with Gasteiger partial charge >= 0.3 is 6.18 Å². The second-order valence-corrected chi connectivity index (χ2v) is 10.2. The maximum absolute atomic E-state index is 13.2. The second-order valence-electron chi connectivity index (χ2n) is 10.2. The number of amides is 1. The quantitative estimate of drug-likeness (QED) is 0.249. The van der Waals surface area contributed by atoms with Gasteiger partial charge in [0.05, 0.1) is 41.1 Å². The van der Waals surface area contributed by atoms with Crippen LogP contribution in [0.2, 0.25) is 0 Å². The number of rotatable bonds is 6. The van der Waals surface area contributed by atoms with Crippen LogP contribution in [-0.2, 0) is 6.18 Å². The van der Waals surface area contributed by atoms with Crippen molar-refractivity contribution in [3.8, 4) is 11.3 Å². The number of alkyl halides is 3. The van der Waals surface area contributed by atoms with E-state index in [0.717, 1.165) is 49.4 Å². The second kappa shape index (κ2) is 10.7. The van der Waals surface area contributed by atoms with Crippen LogP contribution in [0.5, 0.6) is 0 Å². The summed E-state index contributed by atoms with van der Waals surface area (Å²) in [4.78, 5) is 20.2. The fourth-order valence-electron chi connectivity index (χ4n) is 5.20. The lowest BCUT2D eigenvalue weighted by Crippen LogP contribution is -2.31. The number of nitrogens with one attached hydrogen (secondary N) is 2. The number of aromatic nitrogens is 4. The number of hydrogen-bond donors (Lipinski definition) is 2. The first kappa shape index (κ1) is 26.6. The molecule has 0 unspecified atom stereocenters. The molecule has 0 radical (unpaired) electrons. The Kier molecular flexibility index (Phi) is 6.96. The van der Waals surface area contributed by atoms with Gasteiger partial charge < -0.3 is 15.5 Å². The predicted molar refractivity (Wildman–Crippen MR) is 151 cm³/mol. The van der Waals surface area contributed by atoms with Gasteiger partial charge in [-0.1, -0.05) is 24.3 Å². The molecule has 5 aromatic rings. The van der Waals surface area contributed by atoms with Crippen molar-refractivity contribution in [3.05, 3.63) is 96.6 Å². The standard InChI is InChI=1S/C30H28F3N7O/c1-38-14-11-23(12-15-38)40-19-22(17-35-40)36-26-10-5-13-39-27(18-34-28(26)39)24-8-2-3-9-25(24)29(41)37-21-7-4-6-20(16-21)30(31,32)33/h2-10,13,16-19,23,36H,11-12,14-15H2,1H3,(H,37,41). The smallest absolute Gasteiger partial charge is 0.350 e. The van der Waals surface area contributed by atoms with Crippen LogP contribution in [-0.4, -0.2) is 50.1 Å². The van der Waals surface area contributed by atoms with Crippen LogP contribution in [0.4, 0.5) is 30.2 Å². The average molecular weight is 560 g/mol. The van der Waals surface area contributed by atoms with Crippen molar-refractivity contribution in [1.82, 2.24) is 24.1 Å². The summed E-state index contributed by atoms with van der Waals surface area (Å²) < 4.78 is 43.4. The van der Waals surface area contributed by atoms with E-state index in [2.05, 4.69) is 32.7 Å². The summed E-state index contributed by atoms with van der Waals surface area (Å²) in [6.07, 6.45) is 4.95. The molecule has 1 aliphatic rings. The van der Waals surface area contributed by atoms with Crippen LogP contribution in [0, 0.1) is 0 Å². The van der Waals surface area contributed by atoms with E-state index in [0.29, 0.717) is 28.5 Å². The number of carbonyl (C=O) groups is 1. The number of nitrogens with zero attached hydrogens (tertiary/aromatic N) is 5. The lowest BCUT2D eigenvalue weighted by Gasteiger charge is -2.28. The number of pyridine rings is 1. The summed E-state index contributed by atoms with van der Waals surface area (Å²) in [5, 5.41) is 10.6. The van der Waals surface area contributed by atoms with E-state index < -0.39 is 17.6 Å². The zero-order valence-electron chi connectivity index (χ0n) is 22.3. The van der Waals surface area contributed by atoms with Gasteiger partial charge in [-0.15, -0.1) is 0 Å². The third-order valence-electron chi connectivity index (χ3n) is 7.37. The number of piperidine rings is 1. The Morgan fingerprint density at radius 1 is 0.976 bits per heavy atom. The molecule has 1 saturated heterocycles. The van der Waals surface area contributed by atoms with Crippen LogP contribution in [0.1, 0.15) is 34.8 Å². The highest BCUT2D eigenvalue weighted by Crippen LogP contribution is 2.32. The van der Waals surface area contributed by atoms with E-state index in [4.69, 9.17) is 0 Å². The predicted octanol–water partition coefficient (Wildman–Crippen LogP) is 6.48. The van der Waals surface area contributed by atoms with E-state index in [1.54, 1.807) is 36.7 Å². The maximum atomic E-state index is 13.2. The molecule has 210 valence electrons. The summed E-state index contributed by atoms with van der Waals surface area (Å²) in [7, 11) is 2.13. The number of likely N-dealkylation sites (tertiary alicyclic amines) is 1. The molecule has 4 heterocycles. The Bertz CT molecular complexity index is 1700. The third-order valence-corrected chi connectivity index (χ3v) is 7.37. The van der Waals surface area contributed by atoms with Crippen molar-refractivity contribution in [2.24, 2.45) is 0 Å². The number of imidazole rings is 1. The van der Waals surface area contributed by atoms with Crippen LogP contribution in [0.15, 0.2) is 85.5 Å². The Labute approximate surface area is 234 Å². The molecule has 0 saturated carbocycles. The molecule has 0 atom stereocenters. The molecule has 11 heteroatoms. The fraction of sp³-hybridized carbons (Fsp3) is 0.233. The summed E-state index contributed by atoms with van der Waals surface area (Å²) >= 11 is 0. The molecule has 41 heavy (non-hydrogen) atoms. The van der Waals surface area contributed by atoms with Gasteiger partial charge in [-0.05, 0) is 69.4 Å². The number of anilines is 3. The molecule has 0 aliphatic carbocycles. The number of halogens is 3. The van der Waals surface area contributed by atoms with E-state index in [1.165, 1.54) is 12.1 Å². The summed E-state index contributed by atoms with van der Waals surface area (Å²) in [6, 6.07) is 15.7. The highest BCUT2D eigenvalue weighted by atomic mass is 19.4. The molecule has 8 nitrogen and oxygen atoms in total. The van der Waals surface area contributed by atoms with E-state index >= 15 is 0 Å². The van der Waals surface area contributed by atoms with Crippen LogP contribution < -0.4 is 10.6 Å². The normalized spacial score (nSPS) is 14.8. The Morgan fingerprint density at radius 2 is 1.78 bits per heavy atom. The minimum atomic E-state index is -4.51. The van der Waals surface area contributed by atoms with Crippen LogP contribution in [0.25, 0.3) is 16.9 Å². The number of hydrogen-bond acceptors (Lipinski definition) is 5. The highest BCUT2D eigenvalue weighted by Gasteiger charge is 2.30. The first-order chi connectivity index (χ1) is 19.8. The van der Waals surface area contributed by atoms with Crippen molar-refractivity contribution in [2.75, 3.05) is 30.8 Å². The van der Waals surface area contributed by atoms with Crippen molar-refractivity contribution in [2.45, 2.75) is 25.1 Å². The topological polar surface area (TPSA) is 79.5 Å². The summed E-state index contributed by atoms with van der Waals surface area (Å²) in [5.41, 5.74) is 3.08. The van der Waals surface area contributed by atoms with Crippen molar-refractivity contribution >= 4 is 28.6 Å². The van der Waals surface area contributed by atoms with Gasteiger partial charge in [0.25, 0.3) is 5.91 Å².